The molecule has 49 heavy (non-hydrogen) atoms. The Bertz CT molecular complexity index is 1780. The van der Waals surface area contributed by atoms with E-state index < -0.39 is 18.2 Å². The first-order valence-corrected chi connectivity index (χ1v) is 16.8. The maximum Gasteiger partial charge on any atom is 0.414 e. The molecule has 0 spiro atoms. The highest BCUT2D eigenvalue weighted by Gasteiger charge is 2.37. The highest BCUT2D eigenvalue weighted by molar-refractivity contribution is 6.35. The van der Waals surface area contributed by atoms with E-state index in [2.05, 4.69) is 9.88 Å². The predicted octanol–water partition coefficient (Wildman–Crippen LogP) is 7.49. The van der Waals surface area contributed by atoms with E-state index >= 15 is 0 Å². The van der Waals surface area contributed by atoms with Crippen molar-refractivity contribution >= 4 is 41.0 Å². The molecule has 1 aromatic heterocycles. The number of aromatic hydroxyl groups is 1. The quantitative estimate of drug-likeness (QED) is 0.159. The van der Waals surface area contributed by atoms with E-state index in [9.17, 15) is 14.7 Å². The number of hydrogen-bond acceptors (Lipinski definition) is 9. The number of esters is 1. The molecule has 0 aliphatic carbocycles. The van der Waals surface area contributed by atoms with Gasteiger partial charge in [0.1, 0.15) is 18.0 Å². The molecule has 2 bridgehead atoms. The summed E-state index contributed by atoms with van der Waals surface area (Å²) in [6.07, 6.45) is 3.67. The Hall–Kier alpha value is -4.51. The van der Waals surface area contributed by atoms with Crippen molar-refractivity contribution in [2.45, 2.75) is 38.0 Å². The van der Waals surface area contributed by atoms with Crippen molar-refractivity contribution in [3.8, 4) is 17.2 Å². The second-order valence-corrected chi connectivity index (χ2v) is 13.0. The number of fused-ring (bicyclic) bond motifs is 3. The number of methoxy groups -OCH3 is 2. The molecule has 3 aromatic carbocycles. The summed E-state index contributed by atoms with van der Waals surface area (Å²) in [7, 11) is 3.07. The summed E-state index contributed by atoms with van der Waals surface area (Å²) < 4.78 is 23.1. The van der Waals surface area contributed by atoms with Gasteiger partial charge >= 0.3 is 12.1 Å². The molecule has 256 valence electrons. The van der Waals surface area contributed by atoms with Crippen molar-refractivity contribution in [2.24, 2.45) is 5.92 Å². The van der Waals surface area contributed by atoms with Crippen LogP contribution in [0.3, 0.4) is 0 Å². The van der Waals surface area contributed by atoms with Crippen LogP contribution in [0.25, 0.3) is 0 Å². The molecule has 4 heterocycles. The fraction of sp³-hybridized carbons (Fsp3) is 0.324. The van der Waals surface area contributed by atoms with Gasteiger partial charge in [0.15, 0.2) is 11.5 Å². The first kappa shape index (κ1) is 34.4. The second-order valence-electron chi connectivity index (χ2n) is 12.2. The average Bonchev–Trinajstić information content (AvgIpc) is 3.12. The predicted molar refractivity (Wildman–Crippen MR) is 186 cm³/mol. The summed E-state index contributed by atoms with van der Waals surface area (Å²) in [5, 5.41) is 10.6. The van der Waals surface area contributed by atoms with Gasteiger partial charge in [-0.15, -0.1) is 0 Å². The van der Waals surface area contributed by atoms with Crippen LogP contribution in [0.5, 0.6) is 17.2 Å². The largest absolute Gasteiger partial charge is 0.508 e. The van der Waals surface area contributed by atoms with Gasteiger partial charge in [0, 0.05) is 31.0 Å². The minimum Gasteiger partial charge on any atom is -0.508 e. The molecule has 0 radical (unpaired) electrons. The minimum atomic E-state index is -0.807. The monoisotopic (exact) mass is 705 g/mol. The van der Waals surface area contributed by atoms with Crippen LogP contribution in [0.1, 0.15) is 46.0 Å². The number of carbonyl (C=O) groups is 2. The molecule has 4 aromatic rings. The molecule has 0 saturated carbocycles. The van der Waals surface area contributed by atoms with Crippen molar-refractivity contribution in [3.05, 3.63) is 111 Å². The lowest BCUT2D eigenvalue weighted by Gasteiger charge is -2.44. The van der Waals surface area contributed by atoms with Gasteiger partial charge in [-0.3, -0.25) is 14.8 Å². The van der Waals surface area contributed by atoms with Gasteiger partial charge < -0.3 is 24.1 Å². The smallest absolute Gasteiger partial charge is 0.414 e. The van der Waals surface area contributed by atoms with Gasteiger partial charge in [-0.2, -0.15) is 0 Å². The molecule has 10 nitrogen and oxygen atoms in total. The number of ether oxygens (including phenoxy) is 4. The van der Waals surface area contributed by atoms with E-state index in [1.807, 2.05) is 6.07 Å². The van der Waals surface area contributed by atoms with Crippen LogP contribution in [-0.4, -0.2) is 67.0 Å². The van der Waals surface area contributed by atoms with E-state index in [0.29, 0.717) is 49.8 Å². The number of hydrogen-bond donors (Lipinski definition) is 1. The first-order chi connectivity index (χ1) is 23.7. The normalized spacial score (nSPS) is 18.7. The molecule has 12 heteroatoms. The summed E-state index contributed by atoms with van der Waals surface area (Å²) in [5.74, 6) is 0.819. The van der Waals surface area contributed by atoms with Crippen molar-refractivity contribution in [3.63, 3.8) is 0 Å². The Morgan fingerprint density at radius 1 is 0.959 bits per heavy atom. The van der Waals surface area contributed by atoms with Crippen molar-refractivity contribution in [1.29, 1.82) is 0 Å². The number of rotatable bonds is 11. The summed E-state index contributed by atoms with van der Waals surface area (Å²) >= 11 is 12.9. The molecule has 2 atom stereocenters. The molecule has 3 saturated heterocycles. The molecule has 0 unspecified atom stereocenters. The number of phenols is 1. The first-order valence-electron chi connectivity index (χ1n) is 16.0. The van der Waals surface area contributed by atoms with Gasteiger partial charge in [-0.05, 0) is 97.1 Å². The fourth-order valence-electron chi connectivity index (χ4n) is 6.41. The zero-order chi connectivity index (χ0) is 34.5. The summed E-state index contributed by atoms with van der Waals surface area (Å²) in [5.41, 5.74) is 2.73. The number of anilines is 1. The molecule has 7 rings (SSSR count). The van der Waals surface area contributed by atoms with E-state index in [-0.39, 0.29) is 30.4 Å². The van der Waals surface area contributed by atoms with Crippen LogP contribution in [0, 0.1) is 5.92 Å². The fourth-order valence-corrected chi connectivity index (χ4v) is 6.93. The van der Waals surface area contributed by atoms with E-state index in [4.69, 9.17) is 42.1 Å². The number of carbonyl (C=O) groups excluding carboxylic acids is 2. The Morgan fingerprint density at radius 2 is 1.67 bits per heavy atom. The zero-order valence-electron chi connectivity index (χ0n) is 27.2. The van der Waals surface area contributed by atoms with Gasteiger partial charge in [0.05, 0.1) is 36.4 Å². The van der Waals surface area contributed by atoms with E-state index in [1.165, 1.54) is 36.5 Å². The zero-order valence-corrected chi connectivity index (χ0v) is 28.7. The SMILES string of the molecule is COc1ccc([C@H](Cc2c(Cl)cncc2Cl)OC(=O)c2cccc(CN(C(=O)O[C@H]3CN4CCC3CC4)c3ccc(O)cc3)c2)cc1OC. The Balaban J connectivity index is 1.25. The maximum absolute atomic E-state index is 13.8. The summed E-state index contributed by atoms with van der Waals surface area (Å²) in [6, 6.07) is 18.5. The van der Waals surface area contributed by atoms with Crippen molar-refractivity contribution in [2.75, 3.05) is 38.8 Å². The molecule has 1 amide bonds. The van der Waals surface area contributed by atoms with Crippen LogP contribution in [0.2, 0.25) is 10.0 Å². The van der Waals surface area contributed by atoms with E-state index in [1.54, 1.807) is 55.6 Å². The summed E-state index contributed by atoms with van der Waals surface area (Å²) in [4.78, 5) is 35.4. The average molecular weight is 707 g/mol. The number of aromatic nitrogens is 1. The number of halogens is 2. The molecule has 3 aliphatic heterocycles. The third kappa shape index (κ3) is 8.04. The molecular formula is C37H37Cl2N3O7. The van der Waals surface area contributed by atoms with Crippen LogP contribution in [0.4, 0.5) is 10.5 Å². The summed E-state index contributed by atoms with van der Waals surface area (Å²) in [6.45, 7) is 2.89. The second kappa shape index (κ2) is 15.4. The molecular weight excluding hydrogens is 669 g/mol. The lowest BCUT2D eigenvalue weighted by Crippen LogP contribution is -2.53. The topological polar surface area (TPSA) is 111 Å². The molecule has 3 fully saturated rings. The number of pyridine rings is 1. The Labute approximate surface area is 295 Å². The number of nitrogens with zero attached hydrogens (tertiary/aromatic N) is 3. The maximum atomic E-state index is 13.8. The van der Waals surface area contributed by atoms with Crippen molar-refractivity contribution in [1.82, 2.24) is 9.88 Å². The van der Waals surface area contributed by atoms with Crippen LogP contribution >= 0.6 is 23.2 Å². The Kier molecular flexibility index (Phi) is 10.8. The van der Waals surface area contributed by atoms with Gasteiger partial charge in [-0.25, -0.2) is 9.59 Å². The van der Waals surface area contributed by atoms with Crippen molar-refractivity contribution < 1.29 is 33.6 Å². The lowest BCUT2D eigenvalue weighted by atomic mass is 9.86. The number of phenolic OH excluding ortho intramolecular Hbond substituents is 1. The standard InChI is InChI=1S/C37H37Cl2N3O7/c1-46-32-11-6-25(17-34(32)47-2)33(18-29-30(38)19-40-20-31(29)39)48-36(44)26-5-3-4-23(16-26)21-42(27-7-9-28(43)10-8-27)37(45)49-35-22-41-14-12-24(35)13-15-41/h3-11,16-17,19-20,24,33,35,43H,12-15,18,21-22H2,1-2H3/t33-,35-/m0/s1. The number of piperidine rings is 3. The highest BCUT2D eigenvalue weighted by Crippen LogP contribution is 2.36. The molecule has 3 aliphatic rings. The highest BCUT2D eigenvalue weighted by atomic mass is 35.5. The number of amides is 1. The minimum absolute atomic E-state index is 0.0811. The molecule has 1 N–H and O–H groups in total. The van der Waals surface area contributed by atoms with E-state index in [0.717, 1.165) is 32.5 Å². The Morgan fingerprint density at radius 3 is 2.33 bits per heavy atom. The van der Waals surface area contributed by atoms with Crippen LogP contribution in [0.15, 0.2) is 79.1 Å². The third-order valence-corrected chi connectivity index (χ3v) is 9.76. The van der Waals surface area contributed by atoms with Gasteiger partial charge in [-0.1, -0.05) is 41.4 Å². The van der Waals surface area contributed by atoms with Gasteiger partial charge in [0.2, 0.25) is 0 Å². The lowest BCUT2D eigenvalue weighted by molar-refractivity contribution is -0.0311. The number of benzene rings is 3. The van der Waals surface area contributed by atoms with Gasteiger partial charge in [0.25, 0.3) is 0 Å². The van der Waals surface area contributed by atoms with Crippen LogP contribution in [-0.2, 0) is 22.4 Å². The van der Waals surface area contributed by atoms with Crippen LogP contribution < -0.4 is 14.4 Å². The third-order valence-electron chi connectivity index (χ3n) is 9.10.